The van der Waals surface area contributed by atoms with Gasteiger partial charge in [-0.2, -0.15) is 0 Å². The molecule has 0 spiro atoms. The van der Waals surface area contributed by atoms with E-state index in [1.54, 1.807) is 0 Å². The van der Waals surface area contributed by atoms with E-state index in [-0.39, 0.29) is 12.5 Å². The number of hydrogen-bond acceptors (Lipinski definition) is 2. The molecule has 1 saturated heterocycles. The number of likely N-dealkylation sites (tertiary alicyclic amines) is 1. The summed E-state index contributed by atoms with van der Waals surface area (Å²) < 4.78 is 0. The number of carbonyl (C=O) groups is 1. The highest BCUT2D eigenvalue weighted by molar-refractivity contribution is 5.78. The standard InChI is InChI=1S/C14H20N2O/c1-11-4-6-12(7-5-11)9-13-3-2-8-16(13)14(17)10-15/h4-7,13H,2-3,8-10,15H2,1H3/t13-/m0/s1. The molecule has 0 bridgehead atoms. The summed E-state index contributed by atoms with van der Waals surface area (Å²) in [6, 6.07) is 8.89. The summed E-state index contributed by atoms with van der Waals surface area (Å²) in [5.74, 6) is 0.0830. The van der Waals surface area contributed by atoms with E-state index in [1.807, 2.05) is 4.90 Å². The summed E-state index contributed by atoms with van der Waals surface area (Å²) in [7, 11) is 0. The Hall–Kier alpha value is -1.35. The molecule has 0 saturated carbocycles. The van der Waals surface area contributed by atoms with Gasteiger partial charge in [-0.25, -0.2) is 0 Å². The lowest BCUT2D eigenvalue weighted by Gasteiger charge is -2.24. The van der Waals surface area contributed by atoms with Crippen LogP contribution in [0.1, 0.15) is 24.0 Å². The van der Waals surface area contributed by atoms with Gasteiger partial charge in [0.05, 0.1) is 6.54 Å². The molecule has 1 atom stereocenters. The second-order valence-corrected chi connectivity index (χ2v) is 4.78. The van der Waals surface area contributed by atoms with Crippen molar-refractivity contribution in [3.05, 3.63) is 35.4 Å². The molecule has 17 heavy (non-hydrogen) atoms. The molecule has 92 valence electrons. The molecule has 2 N–H and O–H groups in total. The van der Waals surface area contributed by atoms with Crippen molar-refractivity contribution in [3.8, 4) is 0 Å². The molecule has 0 radical (unpaired) electrons. The smallest absolute Gasteiger partial charge is 0.236 e. The van der Waals surface area contributed by atoms with Gasteiger partial charge in [-0.1, -0.05) is 29.8 Å². The van der Waals surface area contributed by atoms with Crippen LogP contribution < -0.4 is 5.73 Å². The van der Waals surface area contributed by atoms with Crippen molar-refractivity contribution in [2.24, 2.45) is 5.73 Å². The van der Waals surface area contributed by atoms with E-state index in [9.17, 15) is 4.79 Å². The highest BCUT2D eigenvalue weighted by atomic mass is 16.2. The van der Waals surface area contributed by atoms with Gasteiger partial charge in [-0.05, 0) is 31.7 Å². The van der Waals surface area contributed by atoms with Crippen molar-refractivity contribution in [1.29, 1.82) is 0 Å². The third-order valence-corrected chi connectivity index (χ3v) is 3.46. The van der Waals surface area contributed by atoms with Crippen LogP contribution in [0, 0.1) is 6.92 Å². The number of rotatable bonds is 3. The maximum absolute atomic E-state index is 11.7. The van der Waals surface area contributed by atoms with Gasteiger partial charge in [0.25, 0.3) is 0 Å². The van der Waals surface area contributed by atoms with Crippen LogP contribution >= 0.6 is 0 Å². The number of nitrogens with two attached hydrogens (primary N) is 1. The lowest BCUT2D eigenvalue weighted by Crippen LogP contribution is -2.40. The third-order valence-electron chi connectivity index (χ3n) is 3.46. The molecule has 1 aliphatic rings. The first kappa shape index (κ1) is 12.1. The van der Waals surface area contributed by atoms with Gasteiger partial charge in [0.15, 0.2) is 0 Å². The summed E-state index contributed by atoms with van der Waals surface area (Å²) in [5, 5.41) is 0. The molecule has 0 unspecified atom stereocenters. The molecule has 1 fully saturated rings. The topological polar surface area (TPSA) is 46.3 Å². The summed E-state index contributed by atoms with van der Waals surface area (Å²) in [5.41, 5.74) is 8.01. The van der Waals surface area contributed by atoms with Gasteiger partial charge in [0.2, 0.25) is 5.91 Å². The Morgan fingerprint density at radius 2 is 2.12 bits per heavy atom. The van der Waals surface area contributed by atoms with Gasteiger partial charge in [-0.15, -0.1) is 0 Å². The summed E-state index contributed by atoms with van der Waals surface area (Å²) in [4.78, 5) is 13.6. The molecule has 0 aliphatic carbocycles. The van der Waals surface area contributed by atoms with E-state index in [1.165, 1.54) is 11.1 Å². The van der Waals surface area contributed by atoms with E-state index in [0.717, 1.165) is 25.8 Å². The minimum atomic E-state index is 0.0830. The lowest BCUT2D eigenvalue weighted by molar-refractivity contribution is -0.130. The Kier molecular flexibility index (Phi) is 3.79. The first-order chi connectivity index (χ1) is 8.20. The molecular formula is C14H20N2O. The zero-order chi connectivity index (χ0) is 12.3. The Labute approximate surface area is 103 Å². The Morgan fingerprint density at radius 3 is 2.76 bits per heavy atom. The predicted molar refractivity (Wildman–Crippen MR) is 68.7 cm³/mol. The van der Waals surface area contributed by atoms with Gasteiger partial charge in [0.1, 0.15) is 0 Å². The zero-order valence-electron chi connectivity index (χ0n) is 10.4. The first-order valence-corrected chi connectivity index (χ1v) is 6.26. The van der Waals surface area contributed by atoms with Gasteiger partial charge >= 0.3 is 0 Å². The Morgan fingerprint density at radius 1 is 1.41 bits per heavy atom. The van der Waals surface area contributed by atoms with Crippen LogP contribution in [-0.4, -0.2) is 29.9 Å². The first-order valence-electron chi connectivity index (χ1n) is 6.26. The van der Waals surface area contributed by atoms with Crippen molar-refractivity contribution in [1.82, 2.24) is 4.90 Å². The van der Waals surface area contributed by atoms with Crippen LogP contribution in [-0.2, 0) is 11.2 Å². The summed E-state index contributed by atoms with van der Waals surface area (Å²) in [6.07, 6.45) is 3.15. The van der Waals surface area contributed by atoms with Crippen molar-refractivity contribution in [2.45, 2.75) is 32.2 Å². The van der Waals surface area contributed by atoms with Crippen molar-refractivity contribution in [2.75, 3.05) is 13.1 Å². The predicted octanol–water partition coefficient (Wildman–Crippen LogP) is 1.49. The molecule has 1 aromatic rings. The minimum absolute atomic E-state index is 0.0830. The van der Waals surface area contributed by atoms with Crippen molar-refractivity contribution < 1.29 is 4.79 Å². The van der Waals surface area contributed by atoms with Gasteiger partial charge in [-0.3, -0.25) is 4.79 Å². The Bertz CT molecular complexity index is 386. The molecule has 2 rings (SSSR count). The fourth-order valence-electron chi connectivity index (χ4n) is 2.49. The van der Waals surface area contributed by atoms with Crippen LogP contribution in [0.25, 0.3) is 0 Å². The number of hydrogen-bond donors (Lipinski definition) is 1. The van der Waals surface area contributed by atoms with E-state index < -0.39 is 0 Å². The van der Waals surface area contributed by atoms with Crippen LogP contribution in [0.2, 0.25) is 0 Å². The van der Waals surface area contributed by atoms with E-state index in [2.05, 4.69) is 31.2 Å². The minimum Gasteiger partial charge on any atom is -0.338 e. The second kappa shape index (κ2) is 5.32. The van der Waals surface area contributed by atoms with E-state index in [4.69, 9.17) is 5.73 Å². The third kappa shape index (κ3) is 2.86. The largest absolute Gasteiger partial charge is 0.338 e. The van der Waals surface area contributed by atoms with Crippen LogP contribution in [0.3, 0.4) is 0 Å². The lowest BCUT2D eigenvalue weighted by atomic mass is 10.0. The summed E-state index contributed by atoms with van der Waals surface area (Å²) >= 11 is 0. The molecule has 3 heteroatoms. The van der Waals surface area contributed by atoms with Crippen LogP contribution in [0.15, 0.2) is 24.3 Å². The SMILES string of the molecule is Cc1ccc(C[C@@H]2CCCN2C(=O)CN)cc1. The molecule has 1 heterocycles. The fraction of sp³-hybridized carbons (Fsp3) is 0.500. The van der Waals surface area contributed by atoms with Gasteiger partial charge < -0.3 is 10.6 Å². The second-order valence-electron chi connectivity index (χ2n) is 4.78. The van der Waals surface area contributed by atoms with Crippen molar-refractivity contribution >= 4 is 5.91 Å². The molecule has 0 aromatic heterocycles. The maximum Gasteiger partial charge on any atom is 0.236 e. The highest BCUT2D eigenvalue weighted by Crippen LogP contribution is 2.21. The highest BCUT2D eigenvalue weighted by Gasteiger charge is 2.27. The molecular weight excluding hydrogens is 212 g/mol. The number of carbonyl (C=O) groups excluding carboxylic acids is 1. The number of benzene rings is 1. The van der Waals surface area contributed by atoms with Gasteiger partial charge in [0, 0.05) is 12.6 Å². The number of aryl methyl sites for hydroxylation is 1. The maximum atomic E-state index is 11.7. The average Bonchev–Trinajstić information content (AvgIpc) is 2.79. The molecule has 3 nitrogen and oxygen atoms in total. The van der Waals surface area contributed by atoms with Crippen LogP contribution in [0.5, 0.6) is 0 Å². The monoisotopic (exact) mass is 232 g/mol. The zero-order valence-corrected chi connectivity index (χ0v) is 10.4. The number of amides is 1. The number of nitrogens with zero attached hydrogens (tertiary/aromatic N) is 1. The fourth-order valence-corrected chi connectivity index (χ4v) is 2.49. The molecule has 1 amide bonds. The van der Waals surface area contributed by atoms with Crippen molar-refractivity contribution in [3.63, 3.8) is 0 Å². The summed E-state index contributed by atoms with van der Waals surface area (Å²) in [6.45, 7) is 3.08. The van der Waals surface area contributed by atoms with Crippen LogP contribution in [0.4, 0.5) is 0 Å². The Balaban J connectivity index is 2.02. The van der Waals surface area contributed by atoms with E-state index >= 15 is 0 Å². The molecule has 1 aliphatic heterocycles. The average molecular weight is 232 g/mol. The molecule has 1 aromatic carbocycles. The quantitative estimate of drug-likeness (QED) is 0.858. The van der Waals surface area contributed by atoms with E-state index in [0.29, 0.717) is 6.04 Å². The normalized spacial score (nSPS) is 19.6.